The zero-order valence-electron chi connectivity index (χ0n) is 12.9. The van der Waals surface area contributed by atoms with Gasteiger partial charge in [-0.15, -0.1) is 0 Å². The van der Waals surface area contributed by atoms with Gasteiger partial charge in [0.05, 0.1) is 37.2 Å². The lowest BCUT2D eigenvalue weighted by atomic mass is 9.97. The number of halogens is 1. The van der Waals surface area contributed by atoms with E-state index in [0.717, 1.165) is 25.2 Å². The summed E-state index contributed by atoms with van der Waals surface area (Å²) >= 11 is 0. The van der Waals surface area contributed by atoms with E-state index in [1.54, 1.807) is 17.2 Å². The average molecular weight is 332 g/mol. The second-order valence-corrected chi connectivity index (χ2v) is 6.21. The fourth-order valence-corrected chi connectivity index (χ4v) is 3.35. The molecule has 24 heavy (non-hydrogen) atoms. The average Bonchev–Trinajstić information content (AvgIpc) is 3.32. The van der Waals surface area contributed by atoms with Gasteiger partial charge in [0.15, 0.2) is 5.82 Å². The molecule has 2 fully saturated rings. The van der Waals surface area contributed by atoms with Crippen molar-refractivity contribution in [3.63, 3.8) is 0 Å². The van der Waals surface area contributed by atoms with Crippen LogP contribution in [0, 0.1) is 5.82 Å². The number of hydrogen-bond acceptors (Lipinski definition) is 6. The van der Waals surface area contributed by atoms with Crippen LogP contribution in [-0.4, -0.2) is 62.3 Å². The summed E-state index contributed by atoms with van der Waals surface area (Å²) in [6, 6.07) is 1.71. The van der Waals surface area contributed by atoms with Gasteiger partial charge in [-0.2, -0.15) is 5.10 Å². The molecule has 1 spiro atoms. The number of aromatic amines is 1. The SMILES string of the molecule is O=C(c1ccn[nH]1)N1CC[C@@]2(C[C@H](Nc3ncc(F)cn3)CO2)C1. The molecule has 2 N–H and O–H groups in total. The number of rotatable bonds is 3. The molecule has 0 aliphatic carbocycles. The van der Waals surface area contributed by atoms with Gasteiger partial charge in [0.25, 0.3) is 5.91 Å². The van der Waals surface area contributed by atoms with Crippen LogP contribution >= 0.6 is 0 Å². The smallest absolute Gasteiger partial charge is 0.271 e. The summed E-state index contributed by atoms with van der Waals surface area (Å²) in [5.41, 5.74) is 0.146. The minimum atomic E-state index is -0.469. The van der Waals surface area contributed by atoms with E-state index in [9.17, 15) is 9.18 Å². The molecule has 8 nitrogen and oxygen atoms in total. The maximum Gasteiger partial charge on any atom is 0.271 e. The van der Waals surface area contributed by atoms with Crippen LogP contribution in [0.4, 0.5) is 10.3 Å². The van der Waals surface area contributed by atoms with Gasteiger partial charge >= 0.3 is 0 Å². The molecule has 2 saturated heterocycles. The Hall–Kier alpha value is -2.55. The fraction of sp³-hybridized carbons (Fsp3) is 0.467. The van der Waals surface area contributed by atoms with E-state index < -0.39 is 5.82 Å². The molecule has 0 aromatic carbocycles. The van der Waals surface area contributed by atoms with E-state index in [1.807, 2.05) is 0 Å². The van der Waals surface area contributed by atoms with Crippen LogP contribution in [0.3, 0.4) is 0 Å². The highest BCUT2D eigenvalue weighted by Gasteiger charge is 2.47. The first kappa shape index (κ1) is 15.0. The highest BCUT2D eigenvalue weighted by Crippen LogP contribution is 2.36. The third-order valence-corrected chi connectivity index (χ3v) is 4.50. The molecule has 2 aromatic heterocycles. The molecule has 4 rings (SSSR count). The Labute approximate surface area is 137 Å². The molecular formula is C15H17FN6O2. The van der Waals surface area contributed by atoms with Crippen molar-refractivity contribution in [1.29, 1.82) is 0 Å². The van der Waals surface area contributed by atoms with Gasteiger partial charge in [0.2, 0.25) is 5.95 Å². The highest BCUT2D eigenvalue weighted by molar-refractivity contribution is 5.92. The standard InChI is InChI=1S/C15H17FN6O2/c16-10-6-17-14(18-7-10)20-11-5-15(24-8-11)2-4-22(9-15)13(23)12-1-3-19-21-12/h1,3,6-7,11H,2,4-5,8-9H2,(H,19,21)(H,17,18,20)/t11-,15+/m0/s1. The predicted molar refractivity (Wildman–Crippen MR) is 81.8 cm³/mol. The molecule has 2 aliphatic heterocycles. The molecule has 0 radical (unpaired) electrons. The molecule has 2 aromatic rings. The largest absolute Gasteiger partial charge is 0.371 e. The number of ether oxygens (including phenoxy) is 1. The van der Waals surface area contributed by atoms with E-state index in [4.69, 9.17) is 4.74 Å². The lowest BCUT2D eigenvalue weighted by molar-refractivity contribution is 0.0124. The van der Waals surface area contributed by atoms with Crippen LogP contribution in [0.2, 0.25) is 0 Å². The lowest BCUT2D eigenvalue weighted by Crippen LogP contribution is -2.36. The number of nitrogens with zero attached hydrogens (tertiary/aromatic N) is 4. The van der Waals surface area contributed by atoms with Gasteiger partial charge in [-0.1, -0.05) is 0 Å². The second kappa shape index (κ2) is 5.82. The fourth-order valence-electron chi connectivity index (χ4n) is 3.35. The molecular weight excluding hydrogens is 315 g/mol. The van der Waals surface area contributed by atoms with Crippen LogP contribution in [0.15, 0.2) is 24.7 Å². The van der Waals surface area contributed by atoms with E-state index in [1.165, 1.54) is 0 Å². The first-order valence-corrected chi connectivity index (χ1v) is 7.80. The first-order chi connectivity index (χ1) is 11.6. The summed E-state index contributed by atoms with van der Waals surface area (Å²) < 4.78 is 18.8. The zero-order chi connectivity index (χ0) is 16.6. The van der Waals surface area contributed by atoms with E-state index in [2.05, 4.69) is 25.5 Å². The molecule has 0 unspecified atom stereocenters. The number of anilines is 1. The maximum atomic E-state index is 12.9. The summed E-state index contributed by atoms with van der Waals surface area (Å²) in [4.78, 5) is 22.0. The minimum Gasteiger partial charge on any atom is -0.371 e. The summed E-state index contributed by atoms with van der Waals surface area (Å²) in [5.74, 6) is -0.153. The molecule has 9 heteroatoms. The van der Waals surface area contributed by atoms with Crippen molar-refractivity contribution in [3.8, 4) is 0 Å². The first-order valence-electron chi connectivity index (χ1n) is 7.80. The van der Waals surface area contributed by atoms with Crippen molar-refractivity contribution < 1.29 is 13.9 Å². The Morgan fingerprint density at radius 2 is 2.29 bits per heavy atom. The zero-order valence-corrected chi connectivity index (χ0v) is 12.9. The maximum absolute atomic E-state index is 12.9. The second-order valence-electron chi connectivity index (χ2n) is 6.21. The Bertz CT molecular complexity index is 722. The molecule has 0 saturated carbocycles. The number of carbonyl (C=O) groups is 1. The molecule has 1 amide bonds. The number of H-pyrrole nitrogens is 1. The van der Waals surface area contributed by atoms with Crippen molar-refractivity contribution in [2.24, 2.45) is 0 Å². The van der Waals surface area contributed by atoms with Crippen LogP contribution in [0.1, 0.15) is 23.3 Å². The van der Waals surface area contributed by atoms with Crippen LogP contribution < -0.4 is 5.32 Å². The summed E-state index contributed by atoms with van der Waals surface area (Å²) in [6.45, 7) is 1.71. The van der Waals surface area contributed by atoms with Crippen molar-refractivity contribution in [3.05, 3.63) is 36.2 Å². The monoisotopic (exact) mass is 332 g/mol. The van der Waals surface area contributed by atoms with E-state index in [-0.39, 0.29) is 17.6 Å². The van der Waals surface area contributed by atoms with Gasteiger partial charge in [-0.05, 0) is 12.5 Å². The number of amides is 1. The summed E-state index contributed by atoms with van der Waals surface area (Å²) in [7, 11) is 0. The number of carbonyl (C=O) groups excluding carboxylic acids is 1. The molecule has 2 atom stereocenters. The molecule has 4 heterocycles. The number of hydrogen-bond donors (Lipinski definition) is 2. The number of likely N-dealkylation sites (tertiary alicyclic amines) is 1. The van der Waals surface area contributed by atoms with Gasteiger partial charge in [0.1, 0.15) is 5.69 Å². The van der Waals surface area contributed by atoms with E-state index in [0.29, 0.717) is 31.3 Å². The third kappa shape index (κ3) is 2.82. The van der Waals surface area contributed by atoms with E-state index >= 15 is 0 Å². The van der Waals surface area contributed by atoms with Crippen LogP contribution in [0.25, 0.3) is 0 Å². The van der Waals surface area contributed by atoms with Crippen molar-refractivity contribution in [2.75, 3.05) is 25.0 Å². The number of aromatic nitrogens is 4. The Morgan fingerprint density at radius 1 is 1.46 bits per heavy atom. The summed E-state index contributed by atoms with van der Waals surface area (Å²) in [6.07, 6.45) is 5.35. The predicted octanol–water partition coefficient (Wildman–Crippen LogP) is 0.824. The lowest BCUT2D eigenvalue weighted by Gasteiger charge is -2.23. The molecule has 2 aliphatic rings. The van der Waals surface area contributed by atoms with Crippen molar-refractivity contribution in [2.45, 2.75) is 24.5 Å². The van der Waals surface area contributed by atoms with Gasteiger partial charge in [0, 0.05) is 19.2 Å². The Kier molecular flexibility index (Phi) is 3.64. The Morgan fingerprint density at radius 3 is 3.04 bits per heavy atom. The normalized spacial score (nSPS) is 26.2. The number of nitrogens with one attached hydrogen (secondary N) is 2. The quantitative estimate of drug-likeness (QED) is 0.864. The van der Waals surface area contributed by atoms with Gasteiger partial charge in [-0.3, -0.25) is 9.89 Å². The van der Waals surface area contributed by atoms with Gasteiger partial charge in [-0.25, -0.2) is 14.4 Å². The molecule has 0 bridgehead atoms. The van der Waals surface area contributed by atoms with Crippen LogP contribution in [-0.2, 0) is 4.74 Å². The highest BCUT2D eigenvalue weighted by atomic mass is 19.1. The van der Waals surface area contributed by atoms with Crippen molar-refractivity contribution >= 4 is 11.9 Å². The van der Waals surface area contributed by atoms with Crippen molar-refractivity contribution in [1.82, 2.24) is 25.1 Å². The van der Waals surface area contributed by atoms with Gasteiger partial charge < -0.3 is 15.0 Å². The third-order valence-electron chi connectivity index (χ3n) is 4.50. The minimum absolute atomic E-state index is 0.0395. The topological polar surface area (TPSA) is 96.0 Å². The molecule has 126 valence electrons. The Balaban J connectivity index is 1.37. The summed E-state index contributed by atoms with van der Waals surface area (Å²) in [5, 5.41) is 9.67. The van der Waals surface area contributed by atoms with Crippen LogP contribution in [0.5, 0.6) is 0 Å².